The maximum atomic E-state index is 13.6. The minimum Gasteiger partial charge on any atom is -0.346 e. The molecule has 0 amide bonds. The number of amidine groups is 1. The Morgan fingerprint density at radius 2 is 1.90 bits per heavy atom. The molecule has 0 fully saturated rings. The van der Waals surface area contributed by atoms with E-state index in [9.17, 15) is 4.79 Å². The maximum absolute atomic E-state index is 13.6. The predicted octanol–water partition coefficient (Wildman–Crippen LogP) is 4.40. The number of rotatable bonds is 3. The number of para-hydroxylation sites is 1. The van der Waals surface area contributed by atoms with Crippen molar-refractivity contribution < 1.29 is 0 Å². The summed E-state index contributed by atoms with van der Waals surface area (Å²) in [6.45, 7) is 1.98. The molecule has 0 saturated heterocycles. The normalized spacial score (nSPS) is 17.2. The van der Waals surface area contributed by atoms with Gasteiger partial charge in [0.25, 0.3) is 5.56 Å². The van der Waals surface area contributed by atoms with Gasteiger partial charge >= 0.3 is 0 Å². The number of fused-ring (bicyclic) bond motifs is 2. The summed E-state index contributed by atoms with van der Waals surface area (Å²) in [5.74, 6) is 1.61. The standard InChI is InChI=1S/C24H20ClN5O/c1-16(28-22-12-14-26-21-11-6-13-27-30(21)22)20-15-17-7-5-10-19(25)23(17)24(31)29(20)18-8-3-2-4-9-18/h2-16,26-27H,1H3/t16-/m0/s1. The second-order valence-corrected chi connectivity index (χ2v) is 7.67. The maximum Gasteiger partial charge on any atom is 0.264 e. The van der Waals surface area contributed by atoms with E-state index in [2.05, 4.69) is 10.7 Å². The molecule has 2 aliphatic rings. The molecule has 0 bridgehead atoms. The summed E-state index contributed by atoms with van der Waals surface area (Å²) < 4.78 is 1.70. The highest BCUT2D eigenvalue weighted by atomic mass is 35.5. The van der Waals surface area contributed by atoms with Crippen LogP contribution < -0.4 is 16.3 Å². The lowest BCUT2D eigenvalue weighted by atomic mass is 10.1. The molecule has 2 aromatic carbocycles. The Morgan fingerprint density at radius 1 is 1.06 bits per heavy atom. The summed E-state index contributed by atoms with van der Waals surface area (Å²) in [6, 6.07) is 16.8. The fourth-order valence-corrected chi connectivity index (χ4v) is 4.10. The number of hydrazine groups is 1. The number of aromatic nitrogens is 1. The number of allylic oxidation sites excluding steroid dienone is 2. The van der Waals surface area contributed by atoms with Crippen LogP contribution in [0.2, 0.25) is 5.02 Å². The number of pyridine rings is 1. The topological polar surface area (TPSA) is 61.7 Å². The van der Waals surface area contributed by atoms with Crippen molar-refractivity contribution in [1.82, 2.24) is 20.3 Å². The van der Waals surface area contributed by atoms with Crippen molar-refractivity contribution in [3.05, 3.63) is 112 Å². The van der Waals surface area contributed by atoms with E-state index in [4.69, 9.17) is 16.6 Å². The first kappa shape index (κ1) is 19.2. The summed E-state index contributed by atoms with van der Waals surface area (Å²) in [6.07, 6.45) is 9.45. The Bertz CT molecular complexity index is 1340. The van der Waals surface area contributed by atoms with E-state index < -0.39 is 0 Å². The molecule has 0 radical (unpaired) electrons. The molecule has 2 aliphatic heterocycles. The lowest BCUT2D eigenvalue weighted by Gasteiger charge is -2.32. The van der Waals surface area contributed by atoms with Gasteiger partial charge in [-0.1, -0.05) is 41.9 Å². The van der Waals surface area contributed by atoms with Gasteiger partial charge in [0.1, 0.15) is 5.82 Å². The van der Waals surface area contributed by atoms with Crippen molar-refractivity contribution in [3.8, 4) is 5.69 Å². The van der Waals surface area contributed by atoms with Crippen molar-refractivity contribution >= 4 is 28.2 Å². The minimum absolute atomic E-state index is 0.156. The van der Waals surface area contributed by atoms with Crippen LogP contribution in [0.25, 0.3) is 16.5 Å². The zero-order valence-corrected chi connectivity index (χ0v) is 17.5. The molecule has 5 rings (SSSR count). The summed E-state index contributed by atoms with van der Waals surface area (Å²) in [4.78, 5) is 18.5. The van der Waals surface area contributed by atoms with Crippen LogP contribution in [-0.4, -0.2) is 15.4 Å². The van der Waals surface area contributed by atoms with E-state index in [1.54, 1.807) is 10.6 Å². The summed E-state index contributed by atoms with van der Waals surface area (Å²) in [5, 5.41) is 6.79. The Hall–Kier alpha value is -3.77. The van der Waals surface area contributed by atoms with Crippen molar-refractivity contribution in [2.45, 2.75) is 13.0 Å². The lowest BCUT2D eigenvalue weighted by molar-refractivity contribution is 0.405. The van der Waals surface area contributed by atoms with Crippen molar-refractivity contribution in [2.75, 3.05) is 0 Å². The highest BCUT2D eigenvalue weighted by Gasteiger charge is 2.21. The van der Waals surface area contributed by atoms with Crippen molar-refractivity contribution in [1.29, 1.82) is 0 Å². The fraction of sp³-hybridized carbons (Fsp3) is 0.0833. The Kier molecular flexibility index (Phi) is 4.84. The molecule has 3 heterocycles. The third kappa shape index (κ3) is 3.41. The lowest BCUT2D eigenvalue weighted by Crippen LogP contribution is -2.45. The number of nitrogens with one attached hydrogen (secondary N) is 2. The van der Waals surface area contributed by atoms with Crippen LogP contribution >= 0.6 is 11.6 Å². The number of hydrogen-bond acceptors (Lipinski definition) is 4. The molecule has 3 aromatic rings. The van der Waals surface area contributed by atoms with Gasteiger partial charge in [-0.05, 0) is 54.8 Å². The van der Waals surface area contributed by atoms with Crippen LogP contribution in [0.4, 0.5) is 0 Å². The molecule has 0 spiro atoms. The van der Waals surface area contributed by atoms with E-state index in [-0.39, 0.29) is 11.6 Å². The predicted molar refractivity (Wildman–Crippen MR) is 125 cm³/mol. The molecular weight excluding hydrogens is 410 g/mol. The van der Waals surface area contributed by atoms with E-state index in [0.29, 0.717) is 10.4 Å². The SMILES string of the molecule is C[C@H](N=C1C=CNC2=CC=CNN21)c1cc2cccc(Cl)c2c(=O)n1-c1ccccc1. The van der Waals surface area contributed by atoms with Crippen LogP contribution in [0.5, 0.6) is 0 Å². The monoisotopic (exact) mass is 429 g/mol. The number of aliphatic imine (C=N–C) groups is 1. The van der Waals surface area contributed by atoms with E-state index in [0.717, 1.165) is 28.4 Å². The molecule has 1 aromatic heterocycles. The van der Waals surface area contributed by atoms with Gasteiger partial charge in [0.15, 0.2) is 5.84 Å². The quantitative estimate of drug-likeness (QED) is 0.648. The molecule has 0 unspecified atom stereocenters. The first-order valence-electron chi connectivity index (χ1n) is 9.97. The smallest absolute Gasteiger partial charge is 0.264 e. The van der Waals surface area contributed by atoms with Crippen molar-refractivity contribution in [3.63, 3.8) is 0 Å². The summed E-state index contributed by atoms with van der Waals surface area (Å²) in [5.41, 5.74) is 4.58. The molecule has 0 saturated carbocycles. The molecule has 154 valence electrons. The number of benzene rings is 2. The average Bonchev–Trinajstić information content (AvgIpc) is 2.79. The molecule has 7 heteroatoms. The average molecular weight is 430 g/mol. The summed E-state index contributed by atoms with van der Waals surface area (Å²) >= 11 is 6.40. The Balaban J connectivity index is 1.70. The molecule has 2 N–H and O–H groups in total. The Morgan fingerprint density at radius 3 is 2.74 bits per heavy atom. The van der Waals surface area contributed by atoms with Gasteiger partial charge in [0.05, 0.1) is 22.1 Å². The summed E-state index contributed by atoms with van der Waals surface area (Å²) in [7, 11) is 0. The first-order chi connectivity index (χ1) is 15.1. The van der Waals surface area contributed by atoms with Crippen LogP contribution in [0, 0.1) is 0 Å². The van der Waals surface area contributed by atoms with Gasteiger partial charge in [-0.25, -0.2) is 5.01 Å². The molecule has 31 heavy (non-hydrogen) atoms. The minimum atomic E-state index is -0.303. The van der Waals surface area contributed by atoms with Crippen LogP contribution in [0.15, 0.2) is 101 Å². The van der Waals surface area contributed by atoms with Crippen LogP contribution in [-0.2, 0) is 0 Å². The Labute approximate surface area is 184 Å². The third-order valence-corrected chi connectivity index (χ3v) is 5.60. The van der Waals surface area contributed by atoms with E-state index in [1.807, 2.05) is 91.1 Å². The van der Waals surface area contributed by atoms with E-state index in [1.165, 1.54) is 0 Å². The number of hydrogen-bond donors (Lipinski definition) is 2. The third-order valence-electron chi connectivity index (χ3n) is 5.28. The molecule has 0 aliphatic carbocycles. The highest BCUT2D eigenvalue weighted by molar-refractivity contribution is 6.35. The van der Waals surface area contributed by atoms with E-state index >= 15 is 0 Å². The fourth-order valence-electron chi connectivity index (χ4n) is 3.84. The highest BCUT2D eigenvalue weighted by Crippen LogP contribution is 2.27. The van der Waals surface area contributed by atoms with Gasteiger partial charge in [-0.15, -0.1) is 0 Å². The van der Waals surface area contributed by atoms with Gasteiger partial charge in [-0.3, -0.25) is 19.8 Å². The van der Waals surface area contributed by atoms with Crippen LogP contribution in [0.1, 0.15) is 18.7 Å². The van der Waals surface area contributed by atoms with Gasteiger partial charge in [-0.2, -0.15) is 0 Å². The van der Waals surface area contributed by atoms with Crippen LogP contribution in [0.3, 0.4) is 0 Å². The first-order valence-corrected chi connectivity index (χ1v) is 10.3. The largest absolute Gasteiger partial charge is 0.346 e. The zero-order valence-electron chi connectivity index (χ0n) is 16.8. The van der Waals surface area contributed by atoms with Gasteiger partial charge in [0, 0.05) is 18.1 Å². The number of halogens is 1. The van der Waals surface area contributed by atoms with Gasteiger partial charge < -0.3 is 5.32 Å². The van der Waals surface area contributed by atoms with Crippen molar-refractivity contribution in [2.24, 2.45) is 4.99 Å². The molecular formula is C24H20ClN5O. The van der Waals surface area contributed by atoms with Gasteiger partial charge in [0.2, 0.25) is 0 Å². The second-order valence-electron chi connectivity index (χ2n) is 7.27. The zero-order chi connectivity index (χ0) is 21.4. The molecule has 6 nitrogen and oxygen atoms in total. The number of nitrogens with zero attached hydrogens (tertiary/aromatic N) is 3. The second kappa shape index (κ2) is 7.81. The molecule has 1 atom stereocenters.